The number of halogens is 2. The lowest BCUT2D eigenvalue weighted by atomic mass is 9.90. The van der Waals surface area contributed by atoms with Crippen molar-refractivity contribution in [2.75, 3.05) is 6.54 Å². The van der Waals surface area contributed by atoms with Gasteiger partial charge in [-0.2, -0.15) is 0 Å². The molecule has 0 heterocycles. The Kier molecular flexibility index (Phi) is 5.09. The Morgan fingerprint density at radius 1 is 1.00 bits per heavy atom. The maximum Gasteiger partial charge on any atom is 0.0453 e. The van der Waals surface area contributed by atoms with Gasteiger partial charge >= 0.3 is 0 Å². The zero-order valence-electron chi connectivity index (χ0n) is 11.8. The first-order chi connectivity index (χ1) is 9.51. The van der Waals surface area contributed by atoms with Gasteiger partial charge in [-0.3, -0.25) is 0 Å². The second-order valence-electron chi connectivity index (χ2n) is 5.22. The van der Waals surface area contributed by atoms with Crippen LogP contribution in [0.5, 0.6) is 0 Å². The van der Waals surface area contributed by atoms with Crippen molar-refractivity contribution in [3.8, 4) is 0 Å². The van der Waals surface area contributed by atoms with Crippen molar-refractivity contribution >= 4 is 23.2 Å². The molecule has 1 nitrogen and oxygen atoms in total. The molecule has 0 fully saturated rings. The summed E-state index contributed by atoms with van der Waals surface area (Å²) in [6.45, 7) is 4.84. The summed E-state index contributed by atoms with van der Waals surface area (Å²) in [5.41, 5.74) is 10.9. The van der Waals surface area contributed by atoms with E-state index in [0.717, 1.165) is 12.0 Å². The molecule has 2 N–H and O–H groups in total. The molecule has 0 aliphatic heterocycles. The van der Waals surface area contributed by atoms with Crippen LogP contribution >= 0.6 is 23.2 Å². The van der Waals surface area contributed by atoms with Crippen LogP contribution in [0.15, 0.2) is 36.4 Å². The third kappa shape index (κ3) is 3.54. The van der Waals surface area contributed by atoms with E-state index in [1.54, 1.807) is 6.07 Å². The fourth-order valence-corrected chi connectivity index (χ4v) is 2.79. The zero-order valence-corrected chi connectivity index (χ0v) is 13.3. The van der Waals surface area contributed by atoms with Gasteiger partial charge in [0.1, 0.15) is 0 Å². The van der Waals surface area contributed by atoms with Crippen LogP contribution < -0.4 is 5.73 Å². The molecule has 0 saturated carbocycles. The van der Waals surface area contributed by atoms with Crippen LogP contribution in [-0.4, -0.2) is 6.54 Å². The first kappa shape index (κ1) is 15.4. The van der Waals surface area contributed by atoms with E-state index >= 15 is 0 Å². The van der Waals surface area contributed by atoms with Gasteiger partial charge in [-0.05, 0) is 61.2 Å². The molecule has 2 aromatic carbocycles. The molecule has 0 aromatic heterocycles. The van der Waals surface area contributed by atoms with Crippen LogP contribution in [0.3, 0.4) is 0 Å². The van der Waals surface area contributed by atoms with E-state index in [4.69, 9.17) is 28.9 Å². The third-order valence-corrected chi connectivity index (χ3v) is 4.36. The minimum Gasteiger partial charge on any atom is -0.330 e. The molecule has 1 unspecified atom stereocenters. The molecule has 0 bridgehead atoms. The van der Waals surface area contributed by atoms with Gasteiger partial charge in [0.15, 0.2) is 0 Å². The smallest absolute Gasteiger partial charge is 0.0453 e. The lowest BCUT2D eigenvalue weighted by molar-refractivity contribution is 0.693. The molecule has 2 aromatic rings. The van der Waals surface area contributed by atoms with Gasteiger partial charge in [0.05, 0.1) is 0 Å². The molecular weight excluding hydrogens is 289 g/mol. The van der Waals surface area contributed by atoms with Crippen molar-refractivity contribution in [1.29, 1.82) is 0 Å². The van der Waals surface area contributed by atoms with Crippen LogP contribution in [0.25, 0.3) is 0 Å². The first-order valence-electron chi connectivity index (χ1n) is 6.72. The van der Waals surface area contributed by atoms with Crippen molar-refractivity contribution in [1.82, 2.24) is 0 Å². The van der Waals surface area contributed by atoms with E-state index < -0.39 is 0 Å². The topological polar surface area (TPSA) is 26.0 Å². The summed E-state index contributed by atoms with van der Waals surface area (Å²) in [6, 6.07) is 12.2. The number of hydrogen-bond donors (Lipinski definition) is 1. The molecule has 2 rings (SSSR count). The summed E-state index contributed by atoms with van der Waals surface area (Å²) in [7, 11) is 0. The SMILES string of the molecule is Cc1ccc(C(CN)Cc2ccc(Cl)cc2Cl)cc1C. The van der Waals surface area contributed by atoms with E-state index in [-0.39, 0.29) is 5.92 Å². The Morgan fingerprint density at radius 3 is 2.35 bits per heavy atom. The summed E-state index contributed by atoms with van der Waals surface area (Å²) >= 11 is 12.2. The van der Waals surface area contributed by atoms with Gasteiger partial charge in [0, 0.05) is 16.0 Å². The molecule has 106 valence electrons. The Hall–Kier alpha value is -1.02. The van der Waals surface area contributed by atoms with Crippen molar-refractivity contribution in [2.24, 2.45) is 5.73 Å². The standard InChI is InChI=1S/C17H19Cl2N/c1-11-3-4-13(7-12(11)2)15(10-20)8-14-5-6-16(18)9-17(14)19/h3-7,9,15H,8,10,20H2,1-2H3. The van der Waals surface area contributed by atoms with E-state index in [2.05, 4.69) is 32.0 Å². The Labute approximate surface area is 130 Å². The number of benzene rings is 2. The van der Waals surface area contributed by atoms with E-state index in [0.29, 0.717) is 16.6 Å². The van der Waals surface area contributed by atoms with Crippen LogP contribution in [0.2, 0.25) is 10.0 Å². The first-order valence-corrected chi connectivity index (χ1v) is 7.48. The molecule has 0 saturated heterocycles. The van der Waals surface area contributed by atoms with Crippen molar-refractivity contribution in [3.63, 3.8) is 0 Å². The predicted octanol–water partition coefficient (Wildman–Crippen LogP) is 4.90. The average molecular weight is 308 g/mol. The fourth-order valence-electron chi connectivity index (χ4n) is 2.31. The lowest BCUT2D eigenvalue weighted by Crippen LogP contribution is -2.15. The lowest BCUT2D eigenvalue weighted by Gasteiger charge is -2.17. The summed E-state index contributed by atoms with van der Waals surface area (Å²) < 4.78 is 0. The molecule has 1 atom stereocenters. The fraction of sp³-hybridized carbons (Fsp3) is 0.294. The van der Waals surface area contributed by atoms with E-state index in [1.807, 2.05) is 12.1 Å². The number of rotatable bonds is 4. The van der Waals surface area contributed by atoms with Crippen molar-refractivity contribution < 1.29 is 0 Å². The molecular formula is C17H19Cl2N. The van der Waals surface area contributed by atoms with Crippen LogP contribution in [-0.2, 0) is 6.42 Å². The maximum atomic E-state index is 6.25. The molecule has 0 spiro atoms. The monoisotopic (exact) mass is 307 g/mol. The summed E-state index contributed by atoms with van der Waals surface area (Å²) in [6.07, 6.45) is 0.828. The minimum absolute atomic E-state index is 0.271. The molecule has 0 radical (unpaired) electrons. The average Bonchev–Trinajstić information content (AvgIpc) is 2.41. The third-order valence-electron chi connectivity index (χ3n) is 3.77. The van der Waals surface area contributed by atoms with Gasteiger partial charge in [0.25, 0.3) is 0 Å². The summed E-state index contributed by atoms with van der Waals surface area (Å²) in [5.74, 6) is 0.271. The Bertz CT molecular complexity index is 608. The highest BCUT2D eigenvalue weighted by Crippen LogP contribution is 2.27. The van der Waals surface area contributed by atoms with Gasteiger partial charge in [0.2, 0.25) is 0 Å². The van der Waals surface area contributed by atoms with E-state index in [9.17, 15) is 0 Å². The Balaban J connectivity index is 2.26. The largest absolute Gasteiger partial charge is 0.330 e. The Morgan fingerprint density at radius 2 is 1.75 bits per heavy atom. The quantitative estimate of drug-likeness (QED) is 0.854. The zero-order chi connectivity index (χ0) is 14.7. The van der Waals surface area contributed by atoms with Crippen LogP contribution in [0.1, 0.15) is 28.2 Å². The molecule has 0 amide bonds. The molecule has 0 aliphatic carbocycles. The van der Waals surface area contributed by atoms with Gasteiger partial charge in [-0.1, -0.05) is 47.5 Å². The second-order valence-corrected chi connectivity index (χ2v) is 6.06. The number of hydrogen-bond acceptors (Lipinski definition) is 1. The van der Waals surface area contributed by atoms with Crippen molar-refractivity contribution in [3.05, 3.63) is 68.7 Å². The number of aryl methyl sites for hydroxylation is 2. The maximum absolute atomic E-state index is 6.25. The highest BCUT2D eigenvalue weighted by molar-refractivity contribution is 6.35. The summed E-state index contributed by atoms with van der Waals surface area (Å²) in [5, 5.41) is 1.37. The second kappa shape index (κ2) is 6.62. The minimum atomic E-state index is 0.271. The highest BCUT2D eigenvalue weighted by Gasteiger charge is 2.13. The van der Waals surface area contributed by atoms with E-state index in [1.165, 1.54) is 16.7 Å². The predicted molar refractivity (Wildman–Crippen MR) is 87.9 cm³/mol. The van der Waals surface area contributed by atoms with Gasteiger partial charge in [-0.15, -0.1) is 0 Å². The number of nitrogens with two attached hydrogens (primary N) is 1. The normalized spacial score (nSPS) is 12.4. The molecule has 0 aliphatic rings. The van der Waals surface area contributed by atoms with Crippen molar-refractivity contribution in [2.45, 2.75) is 26.2 Å². The molecule has 3 heteroatoms. The van der Waals surface area contributed by atoms with Gasteiger partial charge in [-0.25, -0.2) is 0 Å². The van der Waals surface area contributed by atoms with Crippen LogP contribution in [0.4, 0.5) is 0 Å². The van der Waals surface area contributed by atoms with Gasteiger partial charge < -0.3 is 5.73 Å². The highest BCUT2D eigenvalue weighted by atomic mass is 35.5. The summed E-state index contributed by atoms with van der Waals surface area (Å²) in [4.78, 5) is 0. The molecule has 20 heavy (non-hydrogen) atoms. The van der Waals surface area contributed by atoms with Crippen LogP contribution in [0, 0.1) is 13.8 Å².